The molecule has 0 aliphatic heterocycles. The largest absolute Gasteiger partial charge is 0.434 e. The molecule has 6 nitrogen and oxygen atoms in total. The number of anilines is 1. The monoisotopic (exact) mass is 397 g/mol. The summed E-state index contributed by atoms with van der Waals surface area (Å²) in [7, 11) is 0. The number of rotatable bonds is 4. The Kier molecular flexibility index (Phi) is 7.40. The molecule has 0 saturated carbocycles. The van der Waals surface area contributed by atoms with Crippen LogP contribution < -0.4 is 16.1 Å². The van der Waals surface area contributed by atoms with Crippen LogP contribution in [-0.2, 0) is 6.42 Å². The van der Waals surface area contributed by atoms with Gasteiger partial charge in [0, 0.05) is 29.1 Å². The smallest absolute Gasteiger partial charge is 0.340 e. The number of aryl methyl sites for hydroxylation is 1. The molecule has 1 aromatic heterocycles. The zero-order valence-electron chi connectivity index (χ0n) is 16.0. The van der Waals surface area contributed by atoms with Gasteiger partial charge in [-0.1, -0.05) is 26.0 Å². The van der Waals surface area contributed by atoms with E-state index < -0.39 is 5.63 Å². The Bertz CT molecular complexity index is 1060. The van der Waals surface area contributed by atoms with Crippen LogP contribution in [0, 0.1) is 17.7 Å². The number of nitrogens with two attached hydrogens (primary N) is 1. The summed E-state index contributed by atoms with van der Waals surface area (Å²) < 4.78 is 10.8. The van der Waals surface area contributed by atoms with Crippen LogP contribution in [0.3, 0.4) is 0 Å². The molecule has 0 atom stereocenters. The lowest BCUT2D eigenvalue weighted by Crippen LogP contribution is -2.11. The van der Waals surface area contributed by atoms with E-state index in [0.29, 0.717) is 29.0 Å². The minimum atomic E-state index is -0.404. The maximum Gasteiger partial charge on any atom is 0.340 e. The summed E-state index contributed by atoms with van der Waals surface area (Å²) >= 11 is 0.843. The van der Waals surface area contributed by atoms with Crippen LogP contribution in [0.2, 0.25) is 0 Å². The second-order valence-corrected chi connectivity index (χ2v) is 6.54. The van der Waals surface area contributed by atoms with Crippen LogP contribution in [0.4, 0.5) is 5.69 Å². The standard InChI is InChI=1S/C19H17N3O3S.C2H6/c1-11-15-6-5-14(24-19(22)26-10-20)9-17(15)25-18(23)16(11)8-12-3-2-4-13(21)7-12;1-2/h2-7,9-10,20,22H,8,21H2,1H3;1-2H3. The van der Waals surface area contributed by atoms with Crippen LogP contribution in [0.5, 0.6) is 5.75 Å². The molecule has 7 heteroatoms. The summed E-state index contributed by atoms with van der Waals surface area (Å²) in [4.78, 5) is 12.5. The van der Waals surface area contributed by atoms with Gasteiger partial charge in [0.15, 0.2) is 0 Å². The van der Waals surface area contributed by atoms with Crippen LogP contribution in [0.1, 0.15) is 30.5 Å². The van der Waals surface area contributed by atoms with Crippen molar-refractivity contribution in [3.05, 3.63) is 69.6 Å². The number of hydrogen-bond donors (Lipinski definition) is 3. The van der Waals surface area contributed by atoms with E-state index in [4.69, 9.17) is 25.7 Å². The van der Waals surface area contributed by atoms with E-state index in [2.05, 4.69) is 0 Å². The lowest BCUT2D eigenvalue weighted by Gasteiger charge is -2.10. The third-order valence-corrected chi connectivity index (χ3v) is 4.38. The zero-order chi connectivity index (χ0) is 20.7. The van der Waals surface area contributed by atoms with Gasteiger partial charge in [0.05, 0.1) is 5.55 Å². The lowest BCUT2D eigenvalue weighted by atomic mass is 9.99. The maximum atomic E-state index is 12.5. The molecule has 3 rings (SSSR count). The van der Waals surface area contributed by atoms with E-state index in [1.807, 2.05) is 39.0 Å². The number of nitrogen functional groups attached to an aromatic ring is 1. The molecule has 2 aromatic carbocycles. The average Bonchev–Trinajstić information content (AvgIpc) is 2.67. The minimum absolute atomic E-state index is 0.128. The second-order valence-electron chi connectivity index (χ2n) is 5.70. The van der Waals surface area contributed by atoms with Gasteiger partial charge in [-0.2, -0.15) is 0 Å². The first-order valence-corrected chi connectivity index (χ1v) is 9.68. The van der Waals surface area contributed by atoms with E-state index in [-0.39, 0.29) is 5.23 Å². The Hall–Kier alpha value is -3.06. The van der Waals surface area contributed by atoms with Gasteiger partial charge < -0.3 is 20.3 Å². The highest BCUT2D eigenvalue weighted by Crippen LogP contribution is 2.26. The van der Waals surface area contributed by atoms with Crippen molar-refractivity contribution in [1.29, 1.82) is 10.8 Å². The molecule has 0 amide bonds. The van der Waals surface area contributed by atoms with E-state index in [1.54, 1.807) is 24.3 Å². The minimum Gasteiger partial charge on any atom is -0.434 e. The summed E-state index contributed by atoms with van der Waals surface area (Å²) in [6.45, 7) is 5.88. The van der Waals surface area contributed by atoms with Gasteiger partial charge in [0.25, 0.3) is 5.23 Å². The van der Waals surface area contributed by atoms with Crippen molar-refractivity contribution in [2.24, 2.45) is 0 Å². The number of ether oxygens (including phenoxy) is 1. The molecule has 0 aliphatic carbocycles. The van der Waals surface area contributed by atoms with Gasteiger partial charge in [-0.25, -0.2) is 4.79 Å². The molecular weight excluding hydrogens is 374 g/mol. The highest BCUT2D eigenvalue weighted by Gasteiger charge is 2.13. The van der Waals surface area contributed by atoms with Gasteiger partial charge in [0.2, 0.25) is 0 Å². The Balaban J connectivity index is 0.00000136. The fourth-order valence-electron chi connectivity index (χ4n) is 2.73. The summed E-state index contributed by atoms with van der Waals surface area (Å²) in [5.41, 5.74) is 9.83. The average molecular weight is 398 g/mol. The molecule has 146 valence electrons. The normalized spacial score (nSPS) is 10.1. The molecule has 0 spiro atoms. The van der Waals surface area contributed by atoms with Crippen molar-refractivity contribution >= 4 is 39.2 Å². The fraction of sp³-hybridized carbons (Fsp3) is 0.190. The molecule has 0 unspecified atom stereocenters. The Morgan fingerprint density at radius 1 is 1.25 bits per heavy atom. The molecule has 0 radical (unpaired) electrons. The molecule has 1 heterocycles. The zero-order valence-corrected chi connectivity index (χ0v) is 16.9. The Morgan fingerprint density at radius 2 is 2.00 bits per heavy atom. The Morgan fingerprint density at radius 3 is 2.68 bits per heavy atom. The number of fused-ring (bicyclic) bond motifs is 1. The Labute approximate surface area is 167 Å². The van der Waals surface area contributed by atoms with Crippen LogP contribution >= 0.6 is 11.8 Å². The van der Waals surface area contributed by atoms with E-state index >= 15 is 0 Å². The van der Waals surface area contributed by atoms with Gasteiger partial charge in [0.1, 0.15) is 11.3 Å². The first-order chi connectivity index (χ1) is 13.5. The number of nitrogens with one attached hydrogen (secondary N) is 2. The summed E-state index contributed by atoms with van der Waals surface area (Å²) in [6, 6.07) is 12.5. The van der Waals surface area contributed by atoms with Crippen molar-refractivity contribution in [3.63, 3.8) is 0 Å². The van der Waals surface area contributed by atoms with Crippen molar-refractivity contribution in [2.45, 2.75) is 27.2 Å². The topological polar surface area (TPSA) is 113 Å². The van der Waals surface area contributed by atoms with Gasteiger partial charge in [-0.15, -0.1) is 0 Å². The van der Waals surface area contributed by atoms with Crippen molar-refractivity contribution in [2.75, 3.05) is 5.73 Å². The fourth-order valence-corrected chi connectivity index (χ4v) is 2.99. The molecule has 28 heavy (non-hydrogen) atoms. The second kappa shape index (κ2) is 9.75. The van der Waals surface area contributed by atoms with Gasteiger partial charge >= 0.3 is 5.63 Å². The SMILES string of the molecule is CC.Cc1c(Cc2cccc(N)c2)c(=O)oc2cc(OC(=N)SC=N)ccc12. The van der Waals surface area contributed by atoms with E-state index in [1.165, 1.54) is 0 Å². The molecule has 0 saturated heterocycles. The highest BCUT2D eigenvalue weighted by molar-refractivity contribution is 8.24. The lowest BCUT2D eigenvalue weighted by molar-refractivity contribution is 0.539. The van der Waals surface area contributed by atoms with Gasteiger partial charge in [-0.05, 0) is 54.1 Å². The number of thioether (sulfide) groups is 1. The summed E-state index contributed by atoms with van der Waals surface area (Å²) in [5.74, 6) is 0.378. The highest BCUT2D eigenvalue weighted by atomic mass is 32.2. The summed E-state index contributed by atoms with van der Waals surface area (Å²) in [6.07, 6.45) is 0.439. The molecular formula is C21H23N3O3S. The quantitative estimate of drug-likeness (QED) is 0.249. The van der Waals surface area contributed by atoms with Crippen LogP contribution in [0.15, 0.2) is 51.7 Å². The van der Waals surface area contributed by atoms with E-state index in [9.17, 15) is 4.79 Å². The third-order valence-electron chi connectivity index (χ3n) is 3.97. The van der Waals surface area contributed by atoms with Crippen LogP contribution in [-0.4, -0.2) is 10.8 Å². The van der Waals surface area contributed by atoms with Crippen LogP contribution in [0.25, 0.3) is 11.0 Å². The molecule has 4 N–H and O–H groups in total. The first-order valence-electron chi connectivity index (χ1n) is 8.80. The summed E-state index contributed by atoms with van der Waals surface area (Å²) in [5, 5.41) is 15.2. The molecule has 3 aromatic rings. The number of hydrogen-bond acceptors (Lipinski definition) is 7. The third kappa shape index (κ3) is 5.01. The predicted molar refractivity (Wildman–Crippen MR) is 117 cm³/mol. The predicted octanol–water partition coefficient (Wildman–Crippen LogP) is 4.95. The van der Waals surface area contributed by atoms with Crippen molar-refractivity contribution in [1.82, 2.24) is 0 Å². The maximum absolute atomic E-state index is 12.5. The molecule has 0 fully saturated rings. The molecule has 0 aliphatic rings. The molecule has 0 bridgehead atoms. The van der Waals surface area contributed by atoms with E-state index in [0.717, 1.165) is 33.8 Å². The number of benzene rings is 2. The van der Waals surface area contributed by atoms with Crippen molar-refractivity contribution < 1.29 is 9.15 Å². The van der Waals surface area contributed by atoms with Crippen molar-refractivity contribution in [3.8, 4) is 5.75 Å². The first kappa shape index (κ1) is 21.2. The van der Waals surface area contributed by atoms with Gasteiger partial charge in [-0.3, -0.25) is 5.41 Å².